The van der Waals surface area contributed by atoms with Crippen molar-refractivity contribution in [1.29, 1.82) is 0 Å². The molecule has 0 heterocycles. The molecule has 0 unspecified atom stereocenters. The van der Waals surface area contributed by atoms with Crippen molar-refractivity contribution < 1.29 is 14.7 Å². The molecule has 1 saturated carbocycles. The van der Waals surface area contributed by atoms with E-state index in [4.69, 9.17) is 11.6 Å². The molecular formula is C12H11ClO3. The maximum Gasteiger partial charge on any atom is 0.315 e. The number of carbonyl (C=O) groups is 2. The zero-order valence-corrected chi connectivity index (χ0v) is 9.54. The molecule has 3 nitrogen and oxygen atoms in total. The van der Waals surface area contributed by atoms with Gasteiger partial charge in [-0.3, -0.25) is 9.59 Å². The van der Waals surface area contributed by atoms with Gasteiger partial charge >= 0.3 is 5.97 Å². The summed E-state index contributed by atoms with van der Waals surface area (Å²) in [7, 11) is 0. The van der Waals surface area contributed by atoms with Crippen LogP contribution in [0, 0.1) is 6.92 Å². The van der Waals surface area contributed by atoms with E-state index in [1.54, 1.807) is 18.2 Å². The minimum atomic E-state index is -1.02. The van der Waals surface area contributed by atoms with Gasteiger partial charge in [0, 0.05) is 17.9 Å². The first kappa shape index (κ1) is 11.1. The number of rotatable bonds is 2. The lowest BCUT2D eigenvalue weighted by Crippen LogP contribution is -2.48. The van der Waals surface area contributed by atoms with Gasteiger partial charge in [0.15, 0.2) is 0 Å². The predicted octanol–water partition coefficient (Wildman–Crippen LogP) is 2.33. The molecule has 0 aliphatic heterocycles. The number of carbonyl (C=O) groups excluding carboxylic acids is 1. The second-order valence-corrected chi connectivity index (χ2v) is 4.68. The number of Topliss-reactive ketones (excluding diaryl/α,β-unsaturated/α-hetero) is 1. The quantitative estimate of drug-likeness (QED) is 0.860. The second-order valence-electron chi connectivity index (χ2n) is 4.24. The number of carboxylic acid groups (broad SMARTS) is 1. The Bertz CT molecular complexity index is 471. The number of aliphatic carboxylic acids is 1. The van der Waals surface area contributed by atoms with Crippen LogP contribution in [-0.2, 0) is 15.0 Å². The highest BCUT2D eigenvalue weighted by Crippen LogP contribution is 2.43. The lowest BCUT2D eigenvalue weighted by molar-refractivity contribution is -0.153. The largest absolute Gasteiger partial charge is 0.481 e. The summed E-state index contributed by atoms with van der Waals surface area (Å²) in [5.41, 5.74) is 0.498. The maximum atomic E-state index is 11.3. The van der Waals surface area contributed by atoms with Crippen molar-refractivity contribution in [2.45, 2.75) is 25.2 Å². The van der Waals surface area contributed by atoms with Gasteiger partial charge in [0.05, 0.1) is 0 Å². The predicted molar refractivity (Wildman–Crippen MR) is 59.7 cm³/mol. The molecule has 0 saturated heterocycles. The van der Waals surface area contributed by atoms with E-state index >= 15 is 0 Å². The summed E-state index contributed by atoms with van der Waals surface area (Å²) in [5.74, 6) is -0.936. The molecule has 1 aromatic rings. The van der Waals surface area contributed by atoms with Gasteiger partial charge in [0.1, 0.15) is 11.2 Å². The lowest BCUT2D eigenvalue weighted by Gasteiger charge is -2.37. The Balaban J connectivity index is 2.49. The molecule has 1 fully saturated rings. The van der Waals surface area contributed by atoms with E-state index in [0.717, 1.165) is 5.56 Å². The van der Waals surface area contributed by atoms with Crippen molar-refractivity contribution in [2.24, 2.45) is 0 Å². The van der Waals surface area contributed by atoms with Crippen molar-refractivity contribution in [3.05, 3.63) is 34.3 Å². The number of hydrogen-bond acceptors (Lipinski definition) is 2. The van der Waals surface area contributed by atoms with Crippen LogP contribution in [0.2, 0.25) is 5.02 Å². The first-order chi connectivity index (χ1) is 7.45. The molecule has 0 radical (unpaired) electrons. The van der Waals surface area contributed by atoms with Crippen molar-refractivity contribution in [2.75, 3.05) is 0 Å². The summed E-state index contributed by atoms with van der Waals surface area (Å²) in [6.45, 7) is 1.81. The fraction of sp³-hybridized carbons (Fsp3) is 0.333. The van der Waals surface area contributed by atoms with Gasteiger partial charge in [0.25, 0.3) is 0 Å². The van der Waals surface area contributed by atoms with Crippen molar-refractivity contribution in [3.8, 4) is 0 Å². The summed E-state index contributed by atoms with van der Waals surface area (Å²) < 4.78 is 0. The van der Waals surface area contributed by atoms with Gasteiger partial charge < -0.3 is 5.11 Å². The molecule has 0 spiro atoms. The van der Waals surface area contributed by atoms with Gasteiger partial charge in [-0.2, -0.15) is 0 Å². The normalized spacial score (nSPS) is 18.0. The van der Waals surface area contributed by atoms with E-state index in [-0.39, 0.29) is 18.6 Å². The zero-order valence-electron chi connectivity index (χ0n) is 8.79. The van der Waals surface area contributed by atoms with Crippen LogP contribution in [0.1, 0.15) is 24.0 Å². The van der Waals surface area contributed by atoms with Gasteiger partial charge in [-0.05, 0) is 30.2 Å². The summed E-state index contributed by atoms with van der Waals surface area (Å²) >= 11 is 5.82. The van der Waals surface area contributed by atoms with Crippen molar-refractivity contribution in [3.63, 3.8) is 0 Å². The van der Waals surface area contributed by atoms with Gasteiger partial charge in [0.2, 0.25) is 0 Å². The Morgan fingerprint density at radius 1 is 1.44 bits per heavy atom. The molecule has 84 valence electrons. The number of carboxylic acids is 1. The molecule has 2 rings (SSSR count). The maximum absolute atomic E-state index is 11.3. The van der Waals surface area contributed by atoms with Crippen molar-refractivity contribution >= 4 is 23.4 Å². The highest BCUT2D eigenvalue weighted by Gasteiger charge is 2.52. The average molecular weight is 239 g/mol. The molecule has 4 heteroatoms. The Kier molecular flexibility index (Phi) is 2.50. The zero-order chi connectivity index (χ0) is 11.9. The molecule has 0 atom stereocenters. The third-order valence-corrected chi connectivity index (χ3v) is 3.35. The summed E-state index contributed by atoms with van der Waals surface area (Å²) in [5, 5.41) is 9.84. The minimum absolute atomic E-state index is 0.00301. The molecule has 0 amide bonds. The van der Waals surface area contributed by atoms with Crippen LogP contribution in [0.4, 0.5) is 0 Å². The van der Waals surface area contributed by atoms with Gasteiger partial charge in [-0.1, -0.05) is 17.7 Å². The summed E-state index contributed by atoms with van der Waals surface area (Å²) in [6, 6.07) is 5.10. The van der Waals surface area contributed by atoms with E-state index in [2.05, 4.69) is 0 Å². The molecular weight excluding hydrogens is 228 g/mol. The molecule has 1 aliphatic rings. The van der Waals surface area contributed by atoms with E-state index in [1.807, 2.05) is 6.92 Å². The molecule has 16 heavy (non-hydrogen) atoms. The van der Waals surface area contributed by atoms with Crippen LogP contribution in [0.5, 0.6) is 0 Å². The molecule has 1 aromatic carbocycles. The minimum Gasteiger partial charge on any atom is -0.481 e. The molecule has 1 N–H and O–H groups in total. The molecule has 0 bridgehead atoms. The van der Waals surface area contributed by atoms with Crippen LogP contribution in [-0.4, -0.2) is 16.9 Å². The summed E-state index contributed by atoms with van der Waals surface area (Å²) in [6.07, 6.45) is 0.176. The van der Waals surface area contributed by atoms with Crippen LogP contribution in [0.3, 0.4) is 0 Å². The van der Waals surface area contributed by atoms with Gasteiger partial charge in [-0.25, -0.2) is 0 Å². The number of halogens is 1. The van der Waals surface area contributed by atoms with Crippen molar-refractivity contribution in [1.82, 2.24) is 0 Å². The van der Waals surface area contributed by atoms with E-state index in [0.29, 0.717) is 10.6 Å². The lowest BCUT2D eigenvalue weighted by atomic mass is 9.62. The highest BCUT2D eigenvalue weighted by atomic mass is 35.5. The third-order valence-electron chi connectivity index (χ3n) is 3.11. The topological polar surface area (TPSA) is 54.4 Å². The van der Waals surface area contributed by atoms with Crippen LogP contribution < -0.4 is 0 Å². The van der Waals surface area contributed by atoms with Crippen LogP contribution in [0.25, 0.3) is 0 Å². The summed E-state index contributed by atoms with van der Waals surface area (Å²) in [4.78, 5) is 22.4. The Morgan fingerprint density at radius 3 is 2.50 bits per heavy atom. The van der Waals surface area contributed by atoms with E-state index < -0.39 is 11.4 Å². The monoisotopic (exact) mass is 238 g/mol. The van der Waals surface area contributed by atoms with Crippen LogP contribution in [0.15, 0.2) is 18.2 Å². The first-order valence-corrected chi connectivity index (χ1v) is 5.35. The average Bonchev–Trinajstić information content (AvgIpc) is 2.12. The van der Waals surface area contributed by atoms with E-state index in [9.17, 15) is 14.7 Å². The third kappa shape index (κ3) is 1.52. The Morgan fingerprint density at radius 2 is 2.06 bits per heavy atom. The van der Waals surface area contributed by atoms with E-state index in [1.165, 1.54) is 0 Å². The smallest absolute Gasteiger partial charge is 0.315 e. The van der Waals surface area contributed by atoms with Crippen LogP contribution >= 0.6 is 11.6 Å². The highest BCUT2D eigenvalue weighted by molar-refractivity contribution is 6.30. The molecule has 1 aliphatic carbocycles. The Hall–Kier alpha value is -1.35. The van der Waals surface area contributed by atoms with Gasteiger partial charge in [-0.15, -0.1) is 0 Å². The first-order valence-electron chi connectivity index (χ1n) is 4.97. The Labute approximate surface area is 98.0 Å². The SMILES string of the molecule is Cc1cc(Cl)ccc1C1(C(=O)O)CC(=O)C1. The molecule has 0 aromatic heterocycles. The fourth-order valence-electron chi connectivity index (χ4n) is 2.24. The number of benzene rings is 1. The second kappa shape index (κ2) is 3.59. The number of ketones is 1. The fourth-order valence-corrected chi connectivity index (χ4v) is 2.47. The standard InChI is InChI=1S/C12H11ClO3/c1-7-4-8(13)2-3-10(7)12(11(15)16)5-9(14)6-12/h2-4H,5-6H2,1H3,(H,15,16). The number of aryl methyl sites for hydroxylation is 1. The number of hydrogen-bond donors (Lipinski definition) is 1.